The Morgan fingerprint density at radius 1 is 1.30 bits per heavy atom. The zero-order valence-electron chi connectivity index (χ0n) is 16.2. The summed E-state index contributed by atoms with van der Waals surface area (Å²) in [7, 11) is 3.97. The van der Waals surface area contributed by atoms with E-state index in [9.17, 15) is 4.79 Å². The first-order chi connectivity index (χ1) is 13.0. The Labute approximate surface area is 159 Å². The summed E-state index contributed by atoms with van der Waals surface area (Å²) in [5.74, 6) is 0.148. The van der Waals surface area contributed by atoms with E-state index in [4.69, 9.17) is 4.42 Å². The fourth-order valence-corrected chi connectivity index (χ4v) is 4.00. The van der Waals surface area contributed by atoms with Gasteiger partial charge in [0.1, 0.15) is 5.58 Å². The zero-order chi connectivity index (χ0) is 19.0. The number of aromatic nitrogens is 2. The van der Waals surface area contributed by atoms with Crippen LogP contribution in [0.2, 0.25) is 0 Å². The molecule has 142 valence electrons. The van der Waals surface area contributed by atoms with Gasteiger partial charge in [-0.2, -0.15) is 5.10 Å². The molecule has 2 aromatic heterocycles. The van der Waals surface area contributed by atoms with Crippen molar-refractivity contribution < 1.29 is 9.21 Å². The average Bonchev–Trinajstić information content (AvgIpc) is 3.35. The van der Waals surface area contributed by atoms with Gasteiger partial charge in [-0.25, -0.2) is 0 Å². The van der Waals surface area contributed by atoms with Crippen molar-refractivity contribution in [3.8, 4) is 0 Å². The van der Waals surface area contributed by atoms with Crippen LogP contribution in [0.5, 0.6) is 0 Å². The topological polar surface area (TPSA) is 63.3 Å². The minimum atomic E-state index is -0.225. The number of amides is 1. The van der Waals surface area contributed by atoms with E-state index in [0.29, 0.717) is 18.3 Å². The Hall–Kier alpha value is -2.60. The standard InChI is InChI=1S/C21H26N4O2/c1-14-18(12-22-25(14)15-8-4-5-9-15)23-21(26)20-17(13-24(2)3)16-10-6-7-11-19(16)27-20/h6-7,10-12,15H,4-5,8-9,13H2,1-3H3,(H,23,26). The smallest absolute Gasteiger partial charge is 0.291 e. The van der Waals surface area contributed by atoms with E-state index >= 15 is 0 Å². The highest BCUT2D eigenvalue weighted by molar-refractivity contribution is 6.06. The van der Waals surface area contributed by atoms with Gasteiger partial charge in [0.15, 0.2) is 5.76 Å². The van der Waals surface area contributed by atoms with Crippen LogP contribution in [-0.2, 0) is 6.54 Å². The van der Waals surface area contributed by atoms with E-state index in [0.717, 1.165) is 40.8 Å². The van der Waals surface area contributed by atoms with Crippen LogP contribution in [0, 0.1) is 6.92 Å². The van der Waals surface area contributed by atoms with Crippen molar-refractivity contribution >= 4 is 22.6 Å². The Balaban J connectivity index is 1.63. The normalized spacial score (nSPS) is 15.1. The number of para-hydroxylation sites is 1. The Morgan fingerprint density at radius 2 is 2.04 bits per heavy atom. The van der Waals surface area contributed by atoms with Gasteiger partial charge < -0.3 is 14.6 Å². The number of carbonyl (C=O) groups excluding carboxylic acids is 1. The molecule has 2 heterocycles. The van der Waals surface area contributed by atoms with Gasteiger partial charge in [-0.15, -0.1) is 0 Å². The average molecular weight is 366 g/mol. The monoisotopic (exact) mass is 366 g/mol. The van der Waals surface area contributed by atoms with E-state index in [1.807, 2.05) is 50.2 Å². The van der Waals surface area contributed by atoms with Gasteiger partial charge in [-0.1, -0.05) is 31.0 Å². The van der Waals surface area contributed by atoms with E-state index in [2.05, 4.69) is 15.1 Å². The molecule has 1 saturated carbocycles. The quantitative estimate of drug-likeness (QED) is 0.728. The highest BCUT2D eigenvalue weighted by Crippen LogP contribution is 2.32. The van der Waals surface area contributed by atoms with Crippen LogP contribution in [0.1, 0.15) is 53.5 Å². The molecule has 3 aromatic rings. The van der Waals surface area contributed by atoms with Crippen LogP contribution < -0.4 is 5.32 Å². The molecule has 0 unspecified atom stereocenters. The number of benzene rings is 1. The van der Waals surface area contributed by atoms with E-state index in [-0.39, 0.29) is 5.91 Å². The number of carbonyl (C=O) groups is 1. The Morgan fingerprint density at radius 3 is 2.78 bits per heavy atom. The molecule has 0 aliphatic heterocycles. The van der Waals surface area contributed by atoms with Crippen LogP contribution in [-0.4, -0.2) is 34.7 Å². The van der Waals surface area contributed by atoms with Crippen LogP contribution >= 0.6 is 0 Å². The molecule has 0 saturated heterocycles. The van der Waals surface area contributed by atoms with Crippen molar-refractivity contribution in [3.63, 3.8) is 0 Å². The third-order valence-electron chi connectivity index (χ3n) is 5.34. The van der Waals surface area contributed by atoms with Crippen molar-refractivity contribution in [3.05, 3.63) is 47.5 Å². The molecular weight excluding hydrogens is 340 g/mol. The lowest BCUT2D eigenvalue weighted by atomic mass is 10.1. The molecule has 27 heavy (non-hydrogen) atoms. The van der Waals surface area contributed by atoms with Gasteiger partial charge in [0, 0.05) is 17.5 Å². The third-order valence-corrected chi connectivity index (χ3v) is 5.34. The number of rotatable bonds is 5. The summed E-state index contributed by atoms with van der Waals surface area (Å²) in [5.41, 5.74) is 3.40. The molecule has 1 amide bonds. The highest BCUT2D eigenvalue weighted by atomic mass is 16.3. The second-order valence-corrected chi connectivity index (χ2v) is 7.62. The lowest BCUT2D eigenvalue weighted by Gasteiger charge is -2.13. The molecule has 1 aliphatic rings. The van der Waals surface area contributed by atoms with Crippen LogP contribution in [0.4, 0.5) is 5.69 Å². The largest absolute Gasteiger partial charge is 0.451 e. The number of anilines is 1. The van der Waals surface area contributed by atoms with Crippen molar-refractivity contribution in [1.82, 2.24) is 14.7 Å². The van der Waals surface area contributed by atoms with Gasteiger partial charge in [0.05, 0.1) is 23.6 Å². The summed E-state index contributed by atoms with van der Waals surface area (Å²) >= 11 is 0. The zero-order valence-corrected chi connectivity index (χ0v) is 16.2. The van der Waals surface area contributed by atoms with Crippen molar-refractivity contribution in [2.24, 2.45) is 0 Å². The maximum Gasteiger partial charge on any atom is 0.291 e. The van der Waals surface area contributed by atoms with Gasteiger partial charge in [0.2, 0.25) is 0 Å². The number of nitrogens with one attached hydrogen (secondary N) is 1. The summed E-state index contributed by atoms with van der Waals surface area (Å²) in [6.45, 7) is 2.65. The molecule has 1 aromatic carbocycles. The molecule has 1 aliphatic carbocycles. The lowest BCUT2D eigenvalue weighted by molar-refractivity contribution is 0.0996. The van der Waals surface area contributed by atoms with Crippen molar-refractivity contribution in [2.45, 2.75) is 45.2 Å². The number of furan rings is 1. The molecular formula is C21H26N4O2. The summed E-state index contributed by atoms with van der Waals surface area (Å²) in [5, 5.41) is 8.51. The van der Waals surface area contributed by atoms with Crippen LogP contribution in [0.3, 0.4) is 0 Å². The summed E-state index contributed by atoms with van der Waals surface area (Å²) in [6, 6.07) is 8.23. The Bertz CT molecular complexity index is 964. The first kappa shape index (κ1) is 17.8. The number of fused-ring (bicyclic) bond motifs is 1. The number of nitrogens with zero attached hydrogens (tertiary/aromatic N) is 3. The fraction of sp³-hybridized carbons (Fsp3) is 0.429. The van der Waals surface area contributed by atoms with Crippen LogP contribution in [0.15, 0.2) is 34.9 Å². The molecule has 0 atom stereocenters. The van der Waals surface area contributed by atoms with Crippen LogP contribution in [0.25, 0.3) is 11.0 Å². The van der Waals surface area contributed by atoms with Crippen molar-refractivity contribution in [1.29, 1.82) is 0 Å². The van der Waals surface area contributed by atoms with E-state index < -0.39 is 0 Å². The predicted molar refractivity (Wildman–Crippen MR) is 106 cm³/mol. The maximum atomic E-state index is 13.0. The second kappa shape index (κ2) is 7.19. The van der Waals surface area contributed by atoms with Gasteiger partial charge in [-0.3, -0.25) is 9.48 Å². The SMILES string of the molecule is Cc1c(NC(=O)c2oc3ccccc3c2CN(C)C)cnn1C1CCCC1. The van der Waals surface area contributed by atoms with E-state index in [1.165, 1.54) is 12.8 Å². The minimum absolute atomic E-state index is 0.225. The first-order valence-corrected chi connectivity index (χ1v) is 9.55. The molecule has 0 bridgehead atoms. The fourth-order valence-electron chi connectivity index (χ4n) is 4.00. The summed E-state index contributed by atoms with van der Waals surface area (Å²) in [6.07, 6.45) is 6.57. The Kier molecular flexibility index (Phi) is 4.74. The predicted octanol–water partition coefficient (Wildman–Crippen LogP) is 4.37. The highest BCUT2D eigenvalue weighted by Gasteiger charge is 2.24. The summed E-state index contributed by atoms with van der Waals surface area (Å²) < 4.78 is 7.97. The minimum Gasteiger partial charge on any atom is -0.451 e. The molecule has 1 N–H and O–H groups in total. The van der Waals surface area contributed by atoms with E-state index in [1.54, 1.807) is 6.20 Å². The molecule has 6 heteroatoms. The summed E-state index contributed by atoms with van der Waals surface area (Å²) in [4.78, 5) is 15.0. The first-order valence-electron chi connectivity index (χ1n) is 9.55. The number of hydrogen-bond acceptors (Lipinski definition) is 4. The second-order valence-electron chi connectivity index (χ2n) is 7.62. The van der Waals surface area contributed by atoms with Crippen molar-refractivity contribution in [2.75, 3.05) is 19.4 Å². The molecule has 4 rings (SSSR count). The molecule has 6 nitrogen and oxygen atoms in total. The molecule has 1 fully saturated rings. The maximum absolute atomic E-state index is 13.0. The lowest BCUT2D eigenvalue weighted by Crippen LogP contribution is -2.17. The van der Waals surface area contributed by atoms with Gasteiger partial charge in [-0.05, 0) is 39.9 Å². The number of hydrogen-bond donors (Lipinski definition) is 1. The molecule has 0 spiro atoms. The van der Waals surface area contributed by atoms with Gasteiger partial charge in [0.25, 0.3) is 5.91 Å². The van der Waals surface area contributed by atoms with Gasteiger partial charge >= 0.3 is 0 Å². The third kappa shape index (κ3) is 3.37. The molecule has 0 radical (unpaired) electrons.